The third-order valence-corrected chi connectivity index (χ3v) is 3.06. The molecule has 144 valence electrons. The van der Waals surface area contributed by atoms with Crippen LogP contribution in [-0.2, 0) is 20.7 Å². The minimum atomic E-state index is -1.15. The lowest BCUT2D eigenvalue weighted by molar-refractivity contribution is -0.144. The molecule has 1 aromatic rings. The van der Waals surface area contributed by atoms with E-state index in [1.165, 1.54) is 12.1 Å². The van der Waals surface area contributed by atoms with Crippen molar-refractivity contribution >= 4 is 18.0 Å². The fourth-order valence-corrected chi connectivity index (χ4v) is 1.97. The molecule has 3 N–H and O–H groups in total. The van der Waals surface area contributed by atoms with Crippen molar-refractivity contribution in [2.45, 2.75) is 39.2 Å². The van der Waals surface area contributed by atoms with Gasteiger partial charge < -0.3 is 20.1 Å². The first kappa shape index (κ1) is 21.1. The van der Waals surface area contributed by atoms with Crippen LogP contribution >= 0.6 is 0 Å². The number of amides is 2. The number of nitrogens with one attached hydrogen (secondary N) is 2. The maximum atomic E-state index is 12.2. The van der Waals surface area contributed by atoms with E-state index in [1.807, 2.05) is 0 Å². The molecular formula is C16H24N4O6. The number of aryl methyl sites for hydroxylation is 1. The summed E-state index contributed by atoms with van der Waals surface area (Å²) in [6, 6.07) is 2.80. The van der Waals surface area contributed by atoms with E-state index in [1.54, 1.807) is 20.8 Å². The molecule has 1 rings (SSSR count). The number of carbonyl (C=O) groups excluding carboxylic acids is 2. The summed E-state index contributed by atoms with van der Waals surface area (Å²) in [5.41, 5.74) is -0.481. The van der Waals surface area contributed by atoms with Gasteiger partial charge >= 0.3 is 12.1 Å². The zero-order valence-corrected chi connectivity index (χ0v) is 15.1. The SMILES string of the molecule is CC(C)(C)OC(=O)NCCN(CC(=O)O)C(=O)CCc1ccc(=O)[nH]n1. The summed E-state index contributed by atoms with van der Waals surface area (Å²) in [5, 5.41) is 17.5. The number of aromatic nitrogens is 2. The van der Waals surface area contributed by atoms with Crippen molar-refractivity contribution in [1.29, 1.82) is 0 Å². The van der Waals surface area contributed by atoms with Gasteiger partial charge in [0.05, 0.1) is 5.69 Å². The van der Waals surface area contributed by atoms with E-state index in [9.17, 15) is 19.2 Å². The predicted octanol–water partition coefficient (Wildman–Crippen LogP) is 0.140. The number of H-pyrrole nitrogens is 1. The highest BCUT2D eigenvalue weighted by molar-refractivity contribution is 5.81. The molecule has 0 saturated carbocycles. The highest BCUT2D eigenvalue weighted by atomic mass is 16.6. The Morgan fingerprint density at radius 3 is 2.54 bits per heavy atom. The van der Waals surface area contributed by atoms with Crippen molar-refractivity contribution in [3.8, 4) is 0 Å². The Morgan fingerprint density at radius 2 is 2.00 bits per heavy atom. The third kappa shape index (κ3) is 8.81. The number of hydrogen-bond acceptors (Lipinski definition) is 6. The Kier molecular flexibility index (Phi) is 7.76. The molecule has 0 spiro atoms. The second-order valence-corrected chi connectivity index (χ2v) is 6.55. The lowest BCUT2D eigenvalue weighted by Crippen LogP contribution is -2.42. The molecule has 0 unspecified atom stereocenters. The van der Waals surface area contributed by atoms with Crippen molar-refractivity contribution in [3.63, 3.8) is 0 Å². The average molecular weight is 368 g/mol. The van der Waals surface area contributed by atoms with Crippen LogP contribution in [0.4, 0.5) is 4.79 Å². The molecule has 0 fully saturated rings. The number of hydrogen-bond donors (Lipinski definition) is 3. The Morgan fingerprint density at radius 1 is 1.31 bits per heavy atom. The van der Waals surface area contributed by atoms with Crippen LogP contribution in [0.2, 0.25) is 0 Å². The maximum absolute atomic E-state index is 12.2. The Hall–Kier alpha value is -2.91. The molecule has 10 nitrogen and oxygen atoms in total. The van der Waals surface area contributed by atoms with Crippen molar-refractivity contribution in [2.75, 3.05) is 19.6 Å². The minimum Gasteiger partial charge on any atom is -0.480 e. The fourth-order valence-electron chi connectivity index (χ4n) is 1.97. The number of nitrogens with zero attached hydrogens (tertiary/aromatic N) is 2. The number of aromatic amines is 1. The monoisotopic (exact) mass is 368 g/mol. The van der Waals surface area contributed by atoms with Crippen LogP contribution in [-0.4, -0.2) is 63.4 Å². The molecule has 0 radical (unpaired) electrons. The van der Waals surface area contributed by atoms with E-state index in [0.717, 1.165) is 4.90 Å². The van der Waals surface area contributed by atoms with Gasteiger partial charge in [-0.05, 0) is 26.8 Å². The van der Waals surface area contributed by atoms with E-state index >= 15 is 0 Å². The second-order valence-electron chi connectivity index (χ2n) is 6.55. The molecule has 0 aromatic carbocycles. The first-order chi connectivity index (χ1) is 12.1. The quantitative estimate of drug-likeness (QED) is 0.592. The molecule has 0 bridgehead atoms. The van der Waals surface area contributed by atoms with Gasteiger partial charge in [-0.3, -0.25) is 14.4 Å². The summed E-state index contributed by atoms with van der Waals surface area (Å²) in [6.07, 6.45) is -0.359. The Labute approximate surface area is 150 Å². The number of carbonyl (C=O) groups is 3. The van der Waals surface area contributed by atoms with Gasteiger partial charge in [0, 0.05) is 32.0 Å². The topological polar surface area (TPSA) is 142 Å². The van der Waals surface area contributed by atoms with Crippen LogP contribution < -0.4 is 10.9 Å². The number of aliphatic carboxylic acids is 1. The van der Waals surface area contributed by atoms with E-state index in [-0.39, 0.29) is 31.5 Å². The van der Waals surface area contributed by atoms with Crippen molar-refractivity contribution in [2.24, 2.45) is 0 Å². The number of ether oxygens (including phenoxy) is 1. The van der Waals surface area contributed by atoms with Crippen molar-refractivity contribution in [3.05, 3.63) is 28.2 Å². The van der Waals surface area contributed by atoms with E-state index in [0.29, 0.717) is 5.69 Å². The lowest BCUT2D eigenvalue weighted by Gasteiger charge is -2.22. The van der Waals surface area contributed by atoms with Gasteiger partial charge in [-0.25, -0.2) is 9.89 Å². The van der Waals surface area contributed by atoms with Gasteiger partial charge in [0.2, 0.25) is 5.91 Å². The van der Waals surface area contributed by atoms with Crippen LogP contribution in [0.1, 0.15) is 32.9 Å². The zero-order chi connectivity index (χ0) is 19.7. The summed E-state index contributed by atoms with van der Waals surface area (Å²) >= 11 is 0. The molecule has 10 heteroatoms. The van der Waals surface area contributed by atoms with Gasteiger partial charge in [0.15, 0.2) is 0 Å². The molecule has 0 atom stereocenters. The summed E-state index contributed by atoms with van der Waals surface area (Å²) in [6.45, 7) is 4.77. The third-order valence-electron chi connectivity index (χ3n) is 3.06. The van der Waals surface area contributed by atoms with Gasteiger partial charge in [-0.15, -0.1) is 0 Å². The number of carboxylic acid groups (broad SMARTS) is 1. The molecule has 0 saturated heterocycles. The molecule has 0 aliphatic carbocycles. The molecule has 26 heavy (non-hydrogen) atoms. The van der Waals surface area contributed by atoms with E-state index in [2.05, 4.69) is 15.5 Å². The standard InChI is InChI=1S/C16H24N4O6/c1-16(2,3)26-15(25)17-8-9-20(10-14(23)24)13(22)7-5-11-4-6-12(21)19-18-11/h4,6H,5,7-10H2,1-3H3,(H,17,25)(H,19,21)(H,23,24). The van der Waals surface area contributed by atoms with Crippen molar-refractivity contribution < 1.29 is 24.2 Å². The number of rotatable bonds is 8. The van der Waals surface area contributed by atoms with E-state index in [4.69, 9.17) is 9.84 Å². The summed E-state index contributed by atoms with van der Waals surface area (Å²) in [7, 11) is 0. The molecular weight excluding hydrogens is 344 g/mol. The highest BCUT2D eigenvalue weighted by Crippen LogP contribution is 2.06. The fraction of sp³-hybridized carbons (Fsp3) is 0.562. The summed E-state index contributed by atoms with van der Waals surface area (Å²) < 4.78 is 5.07. The second kappa shape index (κ2) is 9.54. The molecule has 1 heterocycles. The largest absolute Gasteiger partial charge is 0.480 e. The minimum absolute atomic E-state index is 0.0265. The van der Waals surface area contributed by atoms with Crippen LogP contribution in [0, 0.1) is 0 Å². The zero-order valence-electron chi connectivity index (χ0n) is 15.1. The first-order valence-electron chi connectivity index (χ1n) is 8.08. The van der Waals surface area contributed by atoms with Crippen LogP contribution in [0.5, 0.6) is 0 Å². The van der Waals surface area contributed by atoms with Crippen LogP contribution in [0.25, 0.3) is 0 Å². The normalized spacial score (nSPS) is 10.9. The van der Waals surface area contributed by atoms with Gasteiger partial charge in [0.25, 0.3) is 5.56 Å². The lowest BCUT2D eigenvalue weighted by atomic mass is 10.2. The number of alkyl carbamates (subject to hydrolysis) is 1. The molecule has 1 aromatic heterocycles. The van der Waals surface area contributed by atoms with Gasteiger partial charge in [-0.2, -0.15) is 5.10 Å². The van der Waals surface area contributed by atoms with Crippen LogP contribution in [0.3, 0.4) is 0 Å². The Balaban J connectivity index is 2.52. The van der Waals surface area contributed by atoms with Crippen LogP contribution in [0.15, 0.2) is 16.9 Å². The van der Waals surface area contributed by atoms with E-state index < -0.39 is 30.1 Å². The smallest absolute Gasteiger partial charge is 0.407 e. The summed E-state index contributed by atoms with van der Waals surface area (Å²) in [5.74, 6) is -1.55. The molecule has 0 aliphatic heterocycles. The highest BCUT2D eigenvalue weighted by Gasteiger charge is 2.19. The van der Waals surface area contributed by atoms with Gasteiger partial charge in [0.1, 0.15) is 12.1 Å². The average Bonchev–Trinajstić information content (AvgIpc) is 2.51. The predicted molar refractivity (Wildman–Crippen MR) is 91.6 cm³/mol. The molecule has 2 amide bonds. The maximum Gasteiger partial charge on any atom is 0.407 e. The first-order valence-corrected chi connectivity index (χ1v) is 8.08. The summed E-state index contributed by atoms with van der Waals surface area (Å²) in [4.78, 5) is 46.9. The van der Waals surface area contributed by atoms with Crippen molar-refractivity contribution in [1.82, 2.24) is 20.4 Å². The Bertz CT molecular complexity index is 674. The molecule has 0 aliphatic rings. The van der Waals surface area contributed by atoms with Gasteiger partial charge in [-0.1, -0.05) is 0 Å². The number of carboxylic acids is 1.